The van der Waals surface area contributed by atoms with Gasteiger partial charge in [-0.1, -0.05) is 39.0 Å². The van der Waals surface area contributed by atoms with E-state index in [1.807, 2.05) is 0 Å². The Morgan fingerprint density at radius 2 is 1.80 bits per heavy atom. The van der Waals surface area contributed by atoms with E-state index in [4.69, 9.17) is 0 Å². The molecule has 2 unspecified atom stereocenters. The van der Waals surface area contributed by atoms with E-state index in [1.165, 1.54) is 36.9 Å². The van der Waals surface area contributed by atoms with Crippen LogP contribution < -0.4 is 10.2 Å². The van der Waals surface area contributed by atoms with Crippen molar-refractivity contribution in [3.8, 4) is 0 Å². The smallest absolute Gasteiger partial charge is 0.0406 e. The van der Waals surface area contributed by atoms with E-state index in [2.05, 4.69) is 55.3 Å². The highest BCUT2D eigenvalue weighted by atomic mass is 15.2. The van der Waals surface area contributed by atoms with Gasteiger partial charge in [-0.3, -0.25) is 0 Å². The molecule has 0 radical (unpaired) electrons. The van der Waals surface area contributed by atoms with Crippen molar-refractivity contribution in [3.63, 3.8) is 0 Å². The zero-order chi connectivity index (χ0) is 14.1. The minimum atomic E-state index is 0.608. The van der Waals surface area contributed by atoms with Gasteiger partial charge in [0.1, 0.15) is 0 Å². The fourth-order valence-electron chi connectivity index (χ4n) is 4.24. The Kier molecular flexibility index (Phi) is 4.02. The molecular weight excluding hydrogens is 244 g/mol. The highest BCUT2D eigenvalue weighted by Crippen LogP contribution is 2.41. The summed E-state index contributed by atoms with van der Waals surface area (Å²) >= 11 is 0. The van der Waals surface area contributed by atoms with Gasteiger partial charge >= 0.3 is 0 Å². The topological polar surface area (TPSA) is 15.3 Å². The zero-order valence-corrected chi connectivity index (χ0v) is 13.1. The molecule has 0 aromatic heterocycles. The predicted molar refractivity (Wildman–Crippen MR) is 86.5 cm³/mol. The normalized spacial score (nSPS) is 29.2. The van der Waals surface area contributed by atoms with Crippen LogP contribution in [0.25, 0.3) is 0 Å². The van der Waals surface area contributed by atoms with Crippen molar-refractivity contribution < 1.29 is 0 Å². The summed E-state index contributed by atoms with van der Waals surface area (Å²) in [6.07, 6.45) is 5.38. The van der Waals surface area contributed by atoms with Gasteiger partial charge in [0.05, 0.1) is 0 Å². The number of piperidine rings is 1. The molecule has 0 spiro atoms. The summed E-state index contributed by atoms with van der Waals surface area (Å²) < 4.78 is 0. The molecule has 2 saturated heterocycles. The summed E-state index contributed by atoms with van der Waals surface area (Å²) in [5, 5.41) is 3.67. The molecule has 2 nitrogen and oxygen atoms in total. The van der Waals surface area contributed by atoms with Crippen molar-refractivity contribution >= 4 is 5.69 Å². The first-order valence-electron chi connectivity index (χ1n) is 8.31. The summed E-state index contributed by atoms with van der Waals surface area (Å²) in [6, 6.07) is 11.3. The highest BCUT2D eigenvalue weighted by molar-refractivity contribution is 5.58. The average Bonchev–Trinajstić information content (AvgIpc) is 2.70. The maximum atomic E-state index is 3.67. The lowest BCUT2D eigenvalue weighted by Gasteiger charge is -2.42. The number of nitrogens with one attached hydrogen (secondary N) is 1. The Hall–Kier alpha value is -1.02. The maximum absolute atomic E-state index is 3.67. The van der Waals surface area contributed by atoms with Crippen molar-refractivity contribution in [1.82, 2.24) is 5.32 Å². The monoisotopic (exact) mass is 272 g/mol. The van der Waals surface area contributed by atoms with Crippen LogP contribution in [0.2, 0.25) is 0 Å². The number of benzene rings is 1. The molecule has 2 fully saturated rings. The first-order chi connectivity index (χ1) is 9.70. The first-order valence-corrected chi connectivity index (χ1v) is 8.31. The molecule has 1 aromatic carbocycles. The van der Waals surface area contributed by atoms with E-state index in [9.17, 15) is 0 Å². The second-order valence-corrected chi connectivity index (χ2v) is 6.73. The number of fused-ring (bicyclic) bond motifs is 2. The third-order valence-corrected chi connectivity index (χ3v) is 5.06. The van der Waals surface area contributed by atoms with Crippen LogP contribution in [0, 0.1) is 0 Å². The molecule has 0 amide bonds. The quantitative estimate of drug-likeness (QED) is 0.893. The van der Waals surface area contributed by atoms with Gasteiger partial charge in [0.15, 0.2) is 0 Å². The maximum Gasteiger partial charge on any atom is 0.0406 e. The average molecular weight is 272 g/mol. The molecular formula is C18H28N2. The summed E-state index contributed by atoms with van der Waals surface area (Å²) in [5.74, 6) is 0.608. The van der Waals surface area contributed by atoms with E-state index in [0.29, 0.717) is 5.92 Å². The molecule has 1 N–H and O–H groups in total. The zero-order valence-electron chi connectivity index (χ0n) is 13.1. The van der Waals surface area contributed by atoms with Gasteiger partial charge in [-0.15, -0.1) is 0 Å². The Balaban J connectivity index is 1.86. The third-order valence-electron chi connectivity index (χ3n) is 5.06. The third kappa shape index (κ3) is 2.46. The molecule has 2 aliphatic rings. The van der Waals surface area contributed by atoms with Gasteiger partial charge < -0.3 is 10.2 Å². The van der Waals surface area contributed by atoms with E-state index >= 15 is 0 Å². The molecule has 0 aliphatic carbocycles. The van der Waals surface area contributed by atoms with Crippen LogP contribution in [0.4, 0.5) is 5.69 Å². The van der Waals surface area contributed by atoms with Crippen molar-refractivity contribution in [2.45, 2.75) is 70.5 Å². The van der Waals surface area contributed by atoms with Crippen LogP contribution >= 0.6 is 0 Å². The molecule has 20 heavy (non-hydrogen) atoms. The second-order valence-electron chi connectivity index (χ2n) is 6.73. The van der Waals surface area contributed by atoms with Crippen LogP contribution in [-0.4, -0.2) is 24.7 Å². The van der Waals surface area contributed by atoms with Gasteiger partial charge in [0.2, 0.25) is 0 Å². The Labute approximate surface area is 123 Å². The Bertz CT molecular complexity index is 440. The lowest BCUT2D eigenvalue weighted by molar-refractivity contribution is 0.361. The fraction of sp³-hybridized carbons (Fsp3) is 0.667. The predicted octanol–water partition coefficient (Wildman–Crippen LogP) is 3.92. The van der Waals surface area contributed by atoms with Crippen LogP contribution in [0.5, 0.6) is 0 Å². The molecule has 3 rings (SSSR count). The number of rotatable bonds is 4. The van der Waals surface area contributed by atoms with Crippen molar-refractivity contribution in [2.75, 3.05) is 11.4 Å². The summed E-state index contributed by atoms with van der Waals surface area (Å²) in [6.45, 7) is 7.95. The Morgan fingerprint density at radius 1 is 1.15 bits per heavy atom. The second kappa shape index (κ2) is 5.77. The number of para-hydroxylation sites is 1. The van der Waals surface area contributed by atoms with Gasteiger partial charge in [0, 0.05) is 23.8 Å². The molecule has 1 aromatic rings. The van der Waals surface area contributed by atoms with Gasteiger partial charge in [-0.2, -0.15) is 0 Å². The number of hydrogen-bond acceptors (Lipinski definition) is 2. The number of nitrogens with zero attached hydrogens (tertiary/aromatic N) is 1. The van der Waals surface area contributed by atoms with E-state index in [0.717, 1.165) is 24.7 Å². The molecule has 2 bridgehead atoms. The summed E-state index contributed by atoms with van der Waals surface area (Å²) in [4.78, 5) is 2.75. The van der Waals surface area contributed by atoms with Crippen LogP contribution in [0.1, 0.15) is 57.9 Å². The highest BCUT2D eigenvalue weighted by Gasteiger charge is 2.41. The largest absolute Gasteiger partial charge is 0.365 e. The Morgan fingerprint density at radius 3 is 2.40 bits per heavy atom. The van der Waals surface area contributed by atoms with Crippen LogP contribution in [0.15, 0.2) is 24.3 Å². The van der Waals surface area contributed by atoms with Crippen molar-refractivity contribution in [1.29, 1.82) is 0 Å². The van der Waals surface area contributed by atoms with Gasteiger partial charge in [-0.25, -0.2) is 0 Å². The van der Waals surface area contributed by atoms with Crippen LogP contribution in [0.3, 0.4) is 0 Å². The SMILES string of the molecule is CCNC1CC2CCC(C1)N2c1ccccc1C(C)C. The van der Waals surface area contributed by atoms with E-state index in [1.54, 1.807) is 0 Å². The standard InChI is InChI=1S/C18H28N2/c1-4-19-14-11-15-9-10-16(12-14)20(15)18-8-6-5-7-17(18)13(2)3/h5-8,13-16,19H,4,9-12H2,1-3H3. The van der Waals surface area contributed by atoms with Crippen molar-refractivity contribution in [3.05, 3.63) is 29.8 Å². The molecule has 110 valence electrons. The minimum absolute atomic E-state index is 0.608. The first kappa shape index (κ1) is 13.9. The summed E-state index contributed by atoms with van der Waals surface area (Å²) in [5.41, 5.74) is 3.02. The number of hydrogen-bond donors (Lipinski definition) is 1. The van der Waals surface area contributed by atoms with Gasteiger partial charge in [-0.05, 0) is 49.8 Å². The lowest BCUT2D eigenvalue weighted by Crippen LogP contribution is -2.49. The minimum Gasteiger partial charge on any atom is -0.365 e. The van der Waals surface area contributed by atoms with Gasteiger partial charge in [0.25, 0.3) is 0 Å². The lowest BCUT2D eigenvalue weighted by atomic mass is 9.93. The fourth-order valence-corrected chi connectivity index (χ4v) is 4.24. The van der Waals surface area contributed by atoms with E-state index < -0.39 is 0 Å². The van der Waals surface area contributed by atoms with Crippen LogP contribution in [-0.2, 0) is 0 Å². The molecule has 2 heteroatoms. The van der Waals surface area contributed by atoms with E-state index in [-0.39, 0.29) is 0 Å². The number of anilines is 1. The summed E-state index contributed by atoms with van der Waals surface area (Å²) in [7, 11) is 0. The van der Waals surface area contributed by atoms with Crippen molar-refractivity contribution in [2.24, 2.45) is 0 Å². The molecule has 2 aliphatic heterocycles. The molecule has 2 heterocycles. The molecule has 2 atom stereocenters. The molecule has 0 saturated carbocycles.